The van der Waals surface area contributed by atoms with E-state index in [-0.39, 0.29) is 12.0 Å². The standard InChI is InChI=1S/C25H34N2O3S/c1-31(28,29)30-17-14-25-20-26(15-12-22-8-4-2-5-9-22)16-13-24(25)19-27(21-25)18-23-10-6-3-7-11-23/h2-11,24H,12-21H2,1H3. The molecule has 2 atom stereocenters. The summed E-state index contributed by atoms with van der Waals surface area (Å²) in [5.74, 6) is 0.590. The number of hydrogen-bond acceptors (Lipinski definition) is 5. The van der Waals surface area contributed by atoms with Gasteiger partial charge in [-0.25, -0.2) is 0 Å². The zero-order chi connectivity index (χ0) is 21.7. The maximum Gasteiger partial charge on any atom is 0.264 e. The van der Waals surface area contributed by atoms with Crippen LogP contribution < -0.4 is 0 Å². The van der Waals surface area contributed by atoms with Gasteiger partial charge in [0.2, 0.25) is 0 Å². The number of nitrogens with zero attached hydrogens (tertiary/aromatic N) is 2. The van der Waals surface area contributed by atoms with Crippen LogP contribution in [0.3, 0.4) is 0 Å². The summed E-state index contributed by atoms with van der Waals surface area (Å²) in [6.45, 7) is 6.50. The van der Waals surface area contributed by atoms with E-state index in [2.05, 4.69) is 70.5 Å². The number of fused-ring (bicyclic) bond motifs is 1. The highest BCUT2D eigenvalue weighted by molar-refractivity contribution is 7.85. The molecule has 0 aromatic heterocycles. The highest BCUT2D eigenvalue weighted by Gasteiger charge is 2.49. The second-order valence-electron chi connectivity index (χ2n) is 9.29. The van der Waals surface area contributed by atoms with E-state index >= 15 is 0 Å². The molecule has 2 unspecified atom stereocenters. The van der Waals surface area contributed by atoms with Crippen molar-refractivity contribution in [2.24, 2.45) is 11.3 Å². The van der Waals surface area contributed by atoms with E-state index in [0.717, 1.165) is 58.4 Å². The van der Waals surface area contributed by atoms with Gasteiger partial charge in [-0.2, -0.15) is 8.42 Å². The van der Waals surface area contributed by atoms with Crippen LogP contribution in [0.2, 0.25) is 0 Å². The Morgan fingerprint density at radius 3 is 2.29 bits per heavy atom. The number of hydrogen-bond donors (Lipinski definition) is 0. The SMILES string of the molecule is CS(=O)(=O)OCCC12CN(CCc3ccccc3)CCC1CN(Cc1ccccc1)C2. The second kappa shape index (κ2) is 9.82. The lowest BCUT2D eigenvalue weighted by Crippen LogP contribution is -2.49. The molecule has 2 aromatic carbocycles. The Balaban J connectivity index is 1.43. The molecule has 0 saturated carbocycles. The van der Waals surface area contributed by atoms with E-state index < -0.39 is 10.1 Å². The van der Waals surface area contributed by atoms with E-state index in [1.807, 2.05) is 0 Å². The van der Waals surface area contributed by atoms with Gasteiger partial charge in [0.1, 0.15) is 0 Å². The summed E-state index contributed by atoms with van der Waals surface area (Å²) in [6, 6.07) is 21.3. The van der Waals surface area contributed by atoms with E-state index in [1.165, 1.54) is 17.5 Å². The Labute approximate surface area is 187 Å². The van der Waals surface area contributed by atoms with Crippen LogP contribution in [-0.2, 0) is 27.3 Å². The van der Waals surface area contributed by atoms with Crippen LogP contribution in [0, 0.1) is 11.3 Å². The minimum atomic E-state index is -3.41. The zero-order valence-corrected chi connectivity index (χ0v) is 19.3. The number of benzene rings is 2. The topological polar surface area (TPSA) is 49.9 Å². The van der Waals surface area contributed by atoms with Gasteiger partial charge in [-0.05, 0) is 42.9 Å². The van der Waals surface area contributed by atoms with Crippen LogP contribution in [0.4, 0.5) is 0 Å². The molecule has 2 saturated heterocycles. The number of rotatable bonds is 9. The van der Waals surface area contributed by atoms with E-state index in [9.17, 15) is 8.42 Å². The molecule has 2 aliphatic heterocycles. The molecule has 31 heavy (non-hydrogen) atoms. The molecule has 0 bridgehead atoms. The van der Waals surface area contributed by atoms with Gasteiger partial charge in [-0.1, -0.05) is 60.7 Å². The van der Waals surface area contributed by atoms with Crippen molar-refractivity contribution in [3.05, 3.63) is 71.8 Å². The zero-order valence-electron chi connectivity index (χ0n) is 18.4. The molecular weight excluding hydrogens is 408 g/mol. The fourth-order valence-corrected chi connectivity index (χ4v) is 5.81. The summed E-state index contributed by atoms with van der Waals surface area (Å²) in [7, 11) is -3.41. The second-order valence-corrected chi connectivity index (χ2v) is 10.9. The van der Waals surface area contributed by atoms with Gasteiger partial charge in [0.15, 0.2) is 0 Å². The first-order valence-corrected chi connectivity index (χ1v) is 13.1. The Bertz CT molecular complexity index is 936. The van der Waals surface area contributed by atoms with Gasteiger partial charge >= 0.3 is 0 Å². The predicted molar refractivity (Wildman–Crippen MR) is 124 cm³/mol. The average molecular weight is 443 g/mol. The van der Waals surface area contributed by atoms with Gasteiger partial charge in [0.25, 0.3) is 10.1 Å². The van der Waals surface area contributed by atoms with E-state index in [1.54, 1.807) is 0 Å². The highest BCUT2D eigenvalue weighted by Crippen LogP contribution is 2.45. The quantitative estimate of drug-likeness (QED) is 0.557. The third-order valence-electron chi connectivity index (χ3n) is 6.92. The van der Waals surface area contributed by atoms with Crippen LogP contribution in [0.25, 0.3) is 0 Å². The lowest BCUT2D eigenvalue weighted by atomic mass is 9.71. The average Bonchev–Trinajstić information content (AvgIpc) is 3.10. The molecule has 2 aromatic rings. The minimum absolute atomic E-state index is 0.0917. The monoisotopic (exact) mass is 442 g/mol. The molecule has 2 aliphatic rings. The summed E-state index contributed by atoms with van der Waals surface area (Å²) in [5.41, 5.74) is 2.80. The molecule has 5 nitrogen and oxygen atoms in total. The Morgan fingerprint density at radius 1 is 0.968 bits per heavy atom. The summed E-state index contributed by atoms with van der Waals surface area (Å²) < 4.78 is 28.3. The van der Waals surface area contributed by atoms with E-state index in [0.29, 0.717) is 5.92 Å². The minimum Gasteiger partial charge on any atom is -0.302 e. The largest absolute Gasteiger partial charge is 0.302 e. The number of likely N-dealkylation sites (tertiary alicyclic amines) is 2. The van der Waals surface area contributed by atoms with Crippen molar-refractivity contribution in [1.29, 1.82) is 0 Å². The van der Waals surface area contributed by atoms with Gasteiger partial charge in [-0.15, -0.1) is 0 Å². The maximum atomic E-state index is 11.5. The molecule has 0 amide bonds. The third-order valence-corrected chi connectivity index (χ3v) is 7.52. The summed E-state index contributed by atoms with van der Waals surface area (Å²) in [4.78, 5) is 5.14. The van der Waals surface area contributed by atoms with Gasteiger partial charge in [0, 0.05) is 38.1 Å². The fraction of sp³-hybridized carbons (Fsp3) is 0.520. The Hall–Kier alpha value is -1.73. The van der Waals surface area contributed by atoms with Crippen molar-refractivity contribution in [2.45, 2.75) is 25.8 Å². The first kappa shape index (κ1) is 22.5. The fourth-order valence-electron chi connectivity index (χ4n) is 5.43. The van der Waals surface area contributed by atoms with E-state index in [4.69, 9.17) is 4.18 Å². The van der Waals surface area contributed by atoms with Gasteiger partial charge in [-0.3, -0.25) is 9.08 Å². The molecule has 2 heterocycles. The van der Waals surface area contributed by atoms with Crippen LogP contribution in [0.1, 0.15) is 24.0 Å². The van der Waals surface area contributed by atoms with Crippen molar-refractivity contribution in [2.75, 3.05) is 45.6 Å². The first-order valence-electron chi connectivity index (χ1n) is 11.3. The molecule has 6 heteroatoms. The van der Waals surface area contributed by atoms with Crippen molar-refractivity contribution < 1.29 is 12.6 Å². The lowest BCUT2D eigenvalue weighted by molar-refractivity contribution is 0.0425. The normalized spacial score (nSPS) is 24.9. The van der Waals surface area contributed by atoms with Crippen molar-refractivity contribution >= 4 is 10.1 Å². The third kappa shape index (κ3) is 6.16. The molecule has 0 aliphatic carbocycles. The lowest BCUT2D eigenvalue weighted by Gasteiger charge is -2.44. The Morgan fingerprint density at radius 2 is 1.61 bits per heavy atom. The van der Waals surface area contributed by atoms with Crippen LogP contribution >= 0.6 is 0 Å². The van der Waals surface area contributed by atoms with Crippen molar-refractivity contribution in [3.63, 3.8) is 0 Å². The smallest absolute Gasteiger partial charge is 0.264 e. The Kier molecular flexibility index (Phi) is 7.12. The molecular formula is C25H34N2O3S. The molecule has 0 N–H and O–H groups in total. The molecule has 2 fully saturated rings. The molecule has 0 spiro atoms. The van der Waals surface area contributed by atoms with Crippen LogP contribution in [0.15, 0.2) is 60.7 Å². The van der Waals surface area contributed by atoms with Gasteiger partial charge < -0.3 is 4.90 Å². The molecule has 4 rings (SSSR count). The molecule has 168 valence electrons. The van der Waals surface area contributed by atoms with Crippen molar-refractivity contribution in [1.82, 2.24) is 9.80 Å². The molecule has 0 radical (unpaired) electrons. The van der Waals surface area contributed by atoms with Crippen LogP contribution in [-0.4, -0.2) is 63.8 Å². The summed E-state index contributed by atoms with van der Waals surface area (Å²) in [5, 5.41) is 0. The van der Waals surface area contributed by atoms with Crippen LogP contribution in [0.5, 0.6) is 0 Å². The number of piperidine rings is 1. The van der Waals surface area contributed by atoms with Crippen molar-refractivity contribution in [3.8, 4) is 0 Å². The maximum absolute atomic E-state index is 11.5. The first-order chi connectivity index (χ1) is 14.9. The predicted octanol–water partition coefficient (Wildman–Crippen LogP) is 3.42. The summed E-state index contributed by atoms with van der Waals surface area (Å²) in [6.07, 6.45) is 4.15. The summed E-state index contributed by atoms with van der Waals surface area (Å²) >= 11 is 0. The highest BCUT2D eigenvalue weighted by atomic mass is 32.2. The van der Waals surface area contributed by atoms with Gasteiger partial charge in [0.05, 0.1) is 12.9 Å².